The number of Topliss-reactive ketones (excluding diaryl/α,β-unsaturated/α-hetero) is 1. The summed E-state index contributed by atoms with van der Waals surface area (Å²) in [5.41, 5.74) is 1.82. The number of aromatic nitrogens is 1. The lowest BCUT2D eigenvalue weighted by Crippen LogP contribution is -2.28. The van der Waals surface area contributed by atoms with E-state index in [0.29, 0.717) is 19.5 Å². The average Bonchev–Trinajstić information content (AvgIpc) is 2.64. The predicted molar refractivity (Wildman–Crippen MR) is 60.4 cm³/mol. The van der Waals surface area contributed by atoms with Crippen molar-refractivity contribution >= 4 is 11.7 Å². The molecule has 0 saturated carbocycles. The zero-order valence-electron chi connectivity index (χ0n) is 9.45. The van der Waals surface area contributed by atoms with Gasteiger partial charge < -0.3 is 9.88 Å². The van der Waals surface area contributed by atoms with Crippen molar-refractivity contribution in [2.24, 2.45) is 0 Å². The van der Waals surface area contributed by atoms with Crippen LogP contribution in [0.4, 0.5) is 0 Å². The molecule has 0 spiro atoms. The summed E-state index contributed by atoms with van der Waals surface area (Å²) >= 11 is 0. The van der Waals surface area contributed by atoms with Crippen LogP contribution in [0.15, 0.2) is 12.3 Å². The molecule has 0 radical (unpaired) electrons. The third kappa shape index (κ3) is 2.01. The molecular formula is C12H16N2O2. The van der Waals surface area contributed by atoms with Gasteiger partial charge in [0.1, 0.15) is 6.54 Å². The van der Waals surface area contributed by atoms with Gasteiger partial charge in [0.25, 0.3) is 0 Å². The first-order valence-electron chi connectivity index (χ1n) is 5.70. The van der Waals surface area contributed by atoms with Crippen LogP contribution in [-0.2, 0) is 17.8 Å². The number of likely N-dealkylation sites (N-methyl/N-ethyl adjacent to an activating group) is 1. The van der Waals surface area contributed by atoms with Crippen molar-refractivity contribution in [3.63, 3.8) is 0 Å². The van der Waals surface area contributed by atoms with Gasteiger partial charge in [-0.2, -0.15) is 0 Å². The van der Waals surface area contributed by atoms with Crippen molar-refractivity contribution in [3.05, 3.63) is 23.5 Å². The summed E-state index contributed by atoms with van der Waals surface area (Å²) in [6.07, 6.45) is 4.26. The van der Waals surface area contributed by atoms with Crippen molar-refractivity contribution in [2.45, 2.75) is 32.7 Å². The molecule has 0 bridgehead atoms. The maximum absolute atomic E-state index is 11.6. The molecule has 0 aromatic carbocycles. The minimum Gasteiger partial charge on any atom is -0.355 e. The van der Waals surface area contributed by atoms with Crippen LogP contribution in [0.1, 0.15) is 35.8 Å². The van der Waals surface area contributed by atoms with Gasteiger partial charge in [0.15, 0.2) is 5.78 Å². The highest BCUT2D eigenvalue weighted by Crippen LogP contribution is 2.22. The Morgan fingerprint density at radius 1 is 1.50 bits per heavy atom. The van der Waals surface area contributed by atoms with Crippen LogP contribution < -0.4 is 5.32 Å². The van der Waals surface area contributed by atoms with Gasteiger partial charge in [-0.05, 0) is 25.8 Å². The highest BCUT2D eigenvalue weighted by molar-refractivity contribution is 5.98. The highest BCUT2D eigenvalue weighted by Gasteiger charge is 2.20. The fraction of sp³-hybridized carbons (Fsp3) is 0.500. The monoisotopic (exact) mass is 220 g/mol. The molecule has 0 fully saturated rings. The van der Waals surface area contributed by atoms with E-state index in [1.807, 2.05) is 23.8 Å². The molecule has 1 aromatic heterocycles. The zero-order chi connectivity index (χ0) is 11.5. The van der Waals surface area contributed by atoms with Crippen LogP contribution in [0.25, 0.3) is 0 Å². The summed E-state index contributed by atoms with van der Waals surface area (Å²) < 4.78 is 1.89. The van der Waals surface area contributed by atoms with Crippen molar-refractivity contribution in [1.29, 1.82) is 0 Å². The first-order valence-corrected chi connectivity index (χ1v) is 5.70. The lowest BCUT2D eigenvalue weighted by Gasteiger charge is -2.14. The van der Waals surface area contributed by atoms with E-state index >= 15 is 0 Å². The lowest BCUT2D eigenvalue weighted by molar-refractivity contribution is -0.121. The van der Waals surface area contributed by atoms with E-state index in [1.165, 1.54) is 0 Å². The number of rotatable bonds is 3. The zero-order valence-corrected chi connectivity index (χ0v) is 9.45. The molecule has 1 heterocycles. The number of carbonyl (C=O) groups excluding carboxylic acids is 2. The molecule has 1 aliphatic rings. The van der Waals surface area contributed by atoms with Gasteiger partial charge in [-0.15, -0.1) is 0 Å². The Morgan fingerprint density at radius 2 is 2.31 bits per heavy atom. The minimum absolute atomic E-state index is 0.000998. The number of ketones is 1. The maximum atomic E-state index is 11.6. The van der Waals surface area contributed by atoms with Crippen molar-refractivity contribution in [2.75, 3.05) is 6.54 Å². The molecule has 1 aliphatic carbocycles. The summed E-state index contributed by atoms with van der Waals surface area (Å²) in [5, 5.41) is 2.76. The topological polar surface area (TPSA) is 51.1 Å². The molecular weight excluding hydrogens is 204 g/mol. The second-order valence-corrected chi connectivity index (χ2v) is 4.03. The van der Waals surface area contributed by atoms with E-state index in [0.717, 1.165) is 24.1 Å². The predicted octanol–water partition coefficient (Wildman–Crippen LogP) is 1.14. The van der Waals surface area contributed by atoms with E-state index < -0.39 is 0 Å². The molecule has 0 unspecified atom stereocenters. The molecule has 16 heavy (non-hydrogen) atoms. The largest absolute Gasteiger partial charge is 0.355 e. The number of nitrogens with zero attached hydrogens (tertiary/aromatic N) is 1. The van der Waals surface area contributed by atoms with Crippen molar-refractivity contribution < 1.29 is 9.59 Å². The Labute approximate surface area is 94.6 Å². The molecule has 1 N–H and O–H groups in total. The molecule has 4 heteroatoms. The van der Waals surface area contributed by atoms with Crippen LogP contribution >= 0.6 is 0 Å². The Bertz CT molecular complexity index is 421. The fourth-order valence-corrected chi connectivity index (χ4v) is 2.14. The Morgan fingerprint density at radius 3 is 3.06 bits per heavy atom. The van der Waals surface area contributed by atoms with Crippen molar-refractivity contribution in [3.8, 4) is 0 Å². The quantitative estimate of drug-likeness (QED) is 0.830. The number of hydrogen-bond acceptors (Lipinski definition) is 2. The van der Waals surface area contributed by atoms with Crippen LogP contribution in [-0.4, -0.2) is 22.8 Å². The molecule has 0 atom stereocenters. The normalized spacial score (nSPS) is 14.7. The third-order valence-corrected chi connectivity index (χ3v) is 2.88. The van der Waals surface area contributed by atoms with Gasteiger partial charge in [-0.1, -0.05) is 0 Å². The third-order valence-electron chi connectivity index (χ3n) is 2.88. The van der Waals surface area contributed by atoms with Crippen molar-refractivity contribution in [1.82, 2.24) is 9.88 Å². The van der Waals surface area contributed by atoms with Gasteiger partial charge in [-0.3, -0.25) is 9.59 Å². The minimum atomic E-state index is -0.000998. The molecule has 0 aliphatic heterocycles. The number of hydrogen-bond donors (Lipinski definition) is 1. The van der Waals surface area contributed by atoms with Crippen LogP contribution in [0.5, 0.6) is 0 Å². The van der Waals surface area contributed by atoms with E-state index in [9.17, 15) is 9.59 Å². The number of fused-ring (bicyclic) bond motifs is 1. The second kappa shape index (κ2) is 4.51. The smallest absolute Gasteiger partial charge is 0.239 e. The molecule has 1 amide bonds. The lowest BCUT2D eigenvalue weighted by atomic mass is 9.97. The molecule has 4 nitrogen and oxygen atoms in total. The SMILES string of the molecule is CCNC(=O)Cn1ccc2c1CCCC2=O. The molecule has 1 aromatic rings. The van der Waals surface area contributed by atoms with Gasteiger partial charge in [0, 0.05) is 30.4 Å². The first kappa shape index (κ1) is 10.9. The standard InChI is InChI=1S/C12H16N2O2/c1-2-13-12(16)8-14-7-6-9-10(14)4-3-5-11(9)15/h6-7H,2-5,8H2,1H3,(H,13,16). The Kier molecular flexibility index (Phi) is 3.08. The van der Waals surface area contributed by atoms with Crippen LogP contribution in [0, 0.1) is 0 Å². The van der Waals surface area contributed by atoms with Gasteiger partial charge >= 0.3 is 0 Å². The Balaban J connectivity index is 2.17. The van der Waals surface area contributed by atoms with E-state index in [2.05, 4.69) is 5.32 Å². The van der Waals surface area contributed by atoms with Crippen LogP contribution in [0.3, 0.4) is 0 Å². The summed E-state index contributed by atoms with van der Waals surface area (Å²) in [5.74, 6) is 0.204. The number of amides is 1. The number of nitrogens with one attached hydrogen (secondary N) is 1. The summed E-state index contributed by atoms with van der Waals surface area (Å²) in [6.45, 7) is 2.85. The van der Waals surface area contributed by atoms with Gasteiger partial charge in [-0.25, -0.2) is 0 Å². The fourth-order valence-electron chi connectivity index (χ4n) is 2.14. The second-order valence-electron chi connectivity index (χ2n) is 4.03. The summed E-state index contributed by atoms with van der Waals surface area (Å²) in [7, 11) is 0. The van der Waals surface area contributed by atoms with E-state index in [4.69, 9.17) is 0 Å². The van der Waals surface area contributed by atoms with E-state index in [1.54, 1.807) is 0 Å². The first-order chi connectivity index (χ1) is 7.72. The highest BCUT2D eigenvalue weighted by atomic mass is 16.2. The van der Waals surface area contributed by atoms with Crippen LogP contribution in [0.2, 0.25) is 0 Å². The maximum Gasteiger partial charge on any atom is 0.239 e. The van der Waals surface area contributed by atoms with Gasteiger partial charge in [0.2, 0.25) is 5.91 Å². The molecule has 2 rings (SSSR count). The summed E-state index contributed by atoms with van der Waals surface area (Å²) in [4.78, 5) is 23.1. The average molecular weight is 220 g/mol. The molecule has 0 saturated heterocycles. The number of carbonyl (C=O) groups is 2. The Hall–Kier alpha value is -1.58. The molecule has 86 valence electrons. The van der Waals surface area contributed by atoms with E-state index in [-0.39, 0.29) is 11.7 Å². The van der Waals surface area contributed by atoms with Gasteiger partial charge in [0.05, 0.1) is 0 Å². The summed E-state index contributed by atoms with van der Waals surface area (Å²) in [6, 6.07) is 1.83.